The van der Waals surface area contributed by atoms with Gasteiger partial charge in [0.05, 0.1) is 28.9 Å². The Morgan fingerprint density at radius 2 is 0.841 bits per heavy atom. The molecule has 44 heavy (non-hydrogen) atoms. The van der Waals surface area contributed by atoms with Crippen molar-refractivity contribution in [3.8, 4) is 33.6 Å². The van der Waals surface area contributed by atoms with Crippen LogP contribution in [0.1, 0.15) is 6.85 Å². The fourth-order valence-corrected chi connectivity index (χ4v) is 6.63. The molecule has 0 fully saturated rings. The molecule has 0 bridgehead atoms. The minimum Gasteiger partial charge on any atom is -0.309 e. The lowest BCUT2D eigenvalue weighted by Gasteiger charge is -2.11. The molecule has 0 aliphatic heterocycles. The van der Waals surface area contributed by atoms with Crippen molar-refractivity contribution in [3.05, 3.63) is 170 Å². The fraction of sp³-hybridized carbons (Fsp3) is 0. The molecule has 206 valence electrons. The Morgan fingerprint density at radius 1 is 0.341 bits per heavy atom. The summed E-state index contributed by atoms with van der Waals surface area (Å²) in [5, 5.41) is 4.21. The molecule has 2 heterocycles. The molecule has 2 nitrogen and oxygen atoms in total. The average molecular weight is 566 g/mol. The molecule has 0 atom stereocenters. The van der Waals surface area contributed by atoms with E-state index in [1.165, 1.54) is 10.9 Å². The van der Waals surface area contributed by atoms with Crippen molar-refractivity contribution in [2.75, 3.05) is 0 Å². The molecular weight excluding hydrogens is 532 g/mol. The maximum atomic E-state index is 8.71. The van der Waals surface area contributed by atoms with Crippen molar-refractivity contribution < 1.29 is 6.85 Å². The number of fused-ring (bicyclic) bond motifs is 6. The molecule has 2 heteroatoms. The van der Waals surface area contributed by atoms with Crippen molar-refractivity contribution in [3.63, 3.8) is 0 Å². The lowest BCUT2D eigenvalue weighted by Crippen LogP contribution is -1.94. The first-order chi connectivity index (χ1) is 23.9. The summed E-state index contributed by atoms with van der Waals surface area (Å²) < 4.78 is 46.3. The highest BCUT2D eigenvalue weighted by molar-refractivity contribution is 6.12. The van der Waals surface area contributed by atoms with Crippen LogP contribution in [0.3, 0.4) is 0 Å². The van der Waals surface area contributed by atoms with Gasteiger partial charge in [-0.3, -0.25) is 0 Å². The van der Waals surface area contributed by atoms with E-state index in [-0.39, 0.29) is 29.9 Å². The highest BCUT2D eigenvalue weighted by Gasteiger charge is 2.16. The first-order valence-electron chi connectivity index (χ1n) is 17.2. The number of nitrogens with zero attached hydrogens (tertiary/aromatic N) is 2. The van der Waals surface area contributed by atoms with E-state index in [9.17, 15) is 0 Å². The average Bonchev–Trinajstić information content (AvgIpc) is 3.66. The number of para-hydroxylation sites is 3. The van der Waals surface area contributed by atoms with Crippen LogP contribution in [0.25, 0.3) is 77.2 Å². The van der Waals surface area contributed by atoms with Crippen molar-refractivity contribution in [2.45, 2.75) is 0 Å². The molecule has 7 aromatic carbocycles. The highest BCUT2D eigenvalue weighted by atomic mass is 15.0. The Labute approximate surface area is 262 Å². The molecule has 0 amide bonds. The predicted molar refractivity (Wildman–Crippen MR) is 186 cm³/mol. The van der Waals surface area contributed by atoms with Gasteiger partial charge in [0.15, 0.2) is 0 Å². The monoisotopic (exact) mass is 565 g/mol. The van der Waals surface area contributed by atoms with Gasteiger partial charge in [0.2, 0.25) is 0 Å². The van der Waals surface area contributed by atoms with Crippen molar-refractivity contribution in [1.82, 2.24) is 9.13 Å². The first kappa shape index (κ1) is 20.1. The third-order valence-corrected chi connectivity index (χ3v) is 8.60. The van der Waals surface area contributed by atoms with Gasteiger partial charge in [-0.25, -0.2) is 0 Å². The summed E-state index contributed by atoms with van der Waals surface area (Å²) in [4.78, 5) is 0. The van der Waals surface area contributed by atoms with Gasteiger partial charge in [0.25, 0.3) is 0 Å². The maximum Gasteiger partial charge on any atom is 0.0645 e. The van der Waals surface area contributed by atoms with E-state index < -0.39 is 6.04 Å². The first-order valence-corrected chi connectivity index (χ1v) is 14.7. The molecule has 9 rings (SSSR count). The second-order valence-corrected chi connectivity index (χ2v) is 11.1. The SMILES string of the molecule is [2H]c1c([2H])c([2H])c(-n2c3ccccc3c3cc(-c4ccc5c(c4)c4ccccc4n5-c4cccc(-c5ccccc5)c4)ccc32)c([2H])c1[2H]. The zero-order valence-electron chi connectivity index (χ0n) is 28.7. The lowest BCUT2D eigenvalue weighted by molar-refractivity contribution is 1.18. The van der Waals surface area contributed by atoms with E-state index in [4.69, 9.17) is 6.85 Å². The molecule has 0 radical (unpaired) electrons. The van der Waals surface area contributed by atoms with E-state index in [1.54, 1.807) is 4.57 Å². The van der Waals surface area contributed by atoms with Crippen LogP contribution in [-0.2, 0) is 0 Å². The third kappa shape index (κ3) is 3.82. The molecule has 0 spiro atoms. The van der Waals surface area contributed by atoms with Crippen molar-refractivity contribution in [1.29, 1.82) is 0 Å². The maximum absolute atomic E-state index is 8.71. The highest BCUT2D eigenvalue weighted by Crippen LogP contribution is 2.38. The van der Waals surface area contributed by atoms with Crippen LogP contribution in [0, 0.1) is 0 Å². The van der Waals surface area contributed by atoms with Gasteiger partial charge in [0, 0.05) is 32.9 Å². The van der Waals surface area contributed by atoms with E-state index in [0.29, 0.717) is 0 Å². The van der Waals surface area contributed by atoms with Crippen LogP contribution in [0.15, 0.2) is 170 Å². The van der Waals surface area contributed by atoms with Gasteiger partial charge in [-0.2, -0.15) is 0 Å². The largest absolute Gasteiger partial charge is 0.309 e. The Kier molecular flexibility index (Phi) is 4.51. The van der Waals surface area contributed by atoms with E-state index in [0.717, 1.165) is 60.6 Å². The molecule has 2 aromatic heterocycles. The second kappa shape index (κ2) is 9.86. The molecule has 0 saturated carbocycles. The molecule has 0 saturated heterocycles. The van der Waals surface area contributed by atoms with Gasteiger partial charge in [-0.05, 0) is 82.9 Å². The summed E-state index contributed by atoms with van der Waals surface area (Å²) >= 11 is 0. The van der Waals surface area contributed by atoms with E-state index >= 15 is 0 Å². The quantitative estimate of drug-likeness (QED) is 0.201. The number of hydrogen-bond acceptors (Lipinski definition) is 0. The number of hydrogen-bond donors (Lipinski definition) is 0. The molecule has 0 N–H and O–H groups in total. The summed E-state index contributed by atoms with van der Waals surface area (Å²) in [6.07, 6.45) is 0. The molecular formula is C42H28N2. The summed E-state index contributed by atoms with van der Waals surface area (Å²) in [5.74, 6) is 0. The van der Waals surface area contributed by atoms with Gasteiger partial charge in [0.1, 0.15) is 0 Å². The summed E-state index contributed by atoms with van der Waals surface area (Å²) in [7, 11) is 0. The standard InChI is InChI=1S/C42H28N2/c1-3-12-29(13-4-1)30-14-11-17-34(26-30)44-40-21-10-8-19-36(40)38-28-32(23-25-42(38)44)31-22-24-41-37(27-31)35-18-7-9-20-39(35)43(41)33-15-5-2-6-16-33/h1-28H/i2D,5D,6D,15D,16D. The van der Waals surface area contributed by atoms with Crippen LogP contribution < -0.4 is 0 Å². The van der Waals surface area contributed by atoms with Gasteiger partial charge < -0.3 is 9.13 Å². The Hall–Kier alpha value is -5.86. The fourth-order valence-electron chi connectivity index (χ4n) is 6.63. The predicted octanol–water partition coefficient (Wildman–Crippen LogP) is 11.2. The third-order valence-electron chi connectivity index (χ3n) is 8.60. The van der Waals surface area contributed by atoms with Crippen LogP contribution in [0.4, 0.5) is 0 Å². The zero-order valence-corrected chi connectivity index (χ0v) is 23.7. The van der Waals surface area contributed by atoms with Crippen molar-refractivity contribution >= 4 is 43.6 Å². The molecule has 0 aliphatic rings. The molecule has 0 unspecified atom stereocenters. The zero-order chi connectivity index (χ0) is 33.4. The molecule has 0 aliphatic carbocycles. The van der Waals surface area contributed by atoms with Crippen LogP contribution in [-0.4, -0.2) is 9.13 Å². The van der Waals surface area contributed by atoms with Crippen molar-refractivity contribution in [2.24, 2.45) is 0 Å². The van der Waals surface area contributed by atoms with Gasteiger partial charge >= 0.3 is 0 Å². The topological polar surface area (TPSA) is 9.86 Å². The minimum absolute atomic E-state index is 0.149. The van der Waals surface area contributed by atoms with E-state index in [1.807, 2.05) is 36.4 Å². The Morgan fingerprint density at radius 3 is 1.48 bits per heavy atom. The normalized spacial score (nSPS) is 13.2. The summed E-state index contributed by atoms with van der Waals surface area (Å²) in [6.45, 7) is 0. The second-order valence-electron chi connectivity index (χ2n) is 11.1. The minimum atomic E-state index is -0.401. The number of benzene rings is 7. The Balaban J connectivity index is 1.23. The smallest absolute Gasteiger partial charge is 0.0645 e. The Bertz CT molecular complexity index is 2750. The van der Waals surface area contributed by atoms with Crippen LogP contribution in [0.5, 0.6) is 0 Å². The summed E-state index contributed by atoms with van der Waals surface area (Å²) in [6, 6.07) is 46.7. The van der Waals surface area contributed by atoms with E-state index in [2.05, 4.69) is 108 Å². The van der Waals surface area contributed by atoms with Crippen LogP contribution in [0.2, 0.25) is 0 Å². The number of rotatable bonds is 4. The molecule has 9 aromatic rings. The lowest BCUT2D eigenvalue weighted by atomic mass is 10.0. The number of aromatic nitrogens is 2. The van der Waals surface area contributed by atoms with Gasteiger partial charge in [-0.15, -0.1) is 0 Å². The summed E-state index contributed by atoms with van der Waals surface area (Å²) in [5.41, 5.74) is 9.50. The van der Waals surface area contributed by atoms with Crippen LogP contribution >= 0.6 is 0 Å². The van der Waals surface area contributed by atoms with Gasteiger partial charge in [-0.1, -0.05) is 109 Å².